The lowest BCUT2D eigenvalue weighted by Gasteiger charge is -2.32. The van der Waals surface area contributed by atoms with Crippen molar-refractivity contribution in [2.45, 2.75) is 57.2 Å². The molecule has 0 radical (unpaired) electrons. The Kier molecular flexibility index (Phi) is 9.53. The van der Waals surface area contributed by atoms with E-state index in [0.717, 1.165) is 56.8 Å². The van der Waals surface area contributed by atoms with Crippen LogP contribution in [0.3, 0.4) is 0 Å². The molecule has 0 aromatic heterocycles. The number of benzene rings is 1. The highest BCUT2D eigenvalue weighted by molar-refractivity contribution is 5.85. The quantitative estimate of drug-likeness (QED) is 0.568. The molecule has 0 unspecified atom stereocenters. The molecule has 1 heterocycles. The fourth-order valence-electron chi connectivity index (χ4n) is 4.43. The van der Waals surface area contributed by atoms with Gasteiger partial charge in [0.15, 0.2) is 0 Å². The smallest absolute Gasteiger partial charge is 0.352 e. The van der Waals surface area contributed by atoms with Crippen LogP contribution in [0.25, 0.3) is 5.57 Å². The highest BCUT2D eigenvalue weighted by Gasteiger charge is 2.32. The Morgan fingerprint density at radius 3 is 2.50 bits per heavy atom. The van der Waals surface area contributed by atoms with Crippen molar-refractivity contribution >= 4 is 23.9 Å². The van der Waals surface area contributed by atoms with Crippen LogP contribution in [0.15, 0.2) is 24.3 Å². The fraction of sp³-hybridized carbons (Fsp3) is 0.565. The molecule has 4 nitrogen and oxygen atoms in total. The Balaban J connectivity index is 0.00000363. The molecule has 1 fully saturated rings. The van der Waals surface area contributed by atoms with E-state index in [1.54, 1.807) is 0 Å². The molecule has 1 N–H and O–H groups in total. The zero-order valence-corrected chi connectivity index (χ0v) is 18.6. The maximum absolute atomic E-state index is 13.7. The van der Waals surface area contributed by atoms with Gasteiger partial charge in [0.1, 0.15) is 12.2 Å². The molecule has 176 valence electrons. The summed E-state index contributed by atoms with van der Waals surface area (Å²) in [5.74, 6) is -0.484. The van der Waals surface area contributed by atoms with Gasteiger partial charge in [0, 0.05) is 19.1 Å². The number of hydrogen-bond donors (Lipinski definition) is 1. The van der Waals surface area contributed by atoms with Gasteiger partial charge >= 0.3 is 6.18 Å². The van der Waals surface area contributed by atoms with Crippen LogP contribution in [0, 0.1) is 23.1 Å². The van der Waals surface area contributed by atoms with Crippen molar-refractivity contribution in [1.82, 2.24) is 10.2 Å². The molecule has 0 spiro atoms. The van der Waals surface area contributed by atoms with E-state index in [4.69, 9.17) is 5.26 Å². The Morgan fingerprint density at radius 2 is 1.91 bits per heavy atom. The standard InChI is InChI=1S/C23H27F4N3O.ClH/c24-20-14-18(13-19(15-20)23(25,26)27)17-7-11-30(12-8-17)10-6-16-1-3-21(4-2-16)29-22(31)5-9-28;/h7,13-16,21H,1-6,8,10-12H2,(H,29,31);1H. The van der Waals surface area contributed by atoms with E-state index in [1.165, 1.54) is 6.07 Å². The number of nitriles is 1. The Hall–Kier alpha value is -2.11. The molecule has 0 saturated heterocycles. The second-order valence-electron chi connectivity index (χ2n) is 8.42. The van der Waals surface area contributed by atoms with Crippen LogP contribution in [0.5, 0.6) is 0 Å². The third-order valence-electron chi connectivity index (χ3n) is 6.19. The van der Waals surface area contributed by atoms with Crippen molar-refractivity contribution in [1.29, 1.82) is 5.26 Å². The van der Waals surface area contributed by atoms with Crippen LogP contribution < -0.4 is 5.32 Å². The molecule has 1 amide bonds. The average Bonchev–Trinajstić information content (AvgIpc) is 2.73. The van der Waals surface area contributed by atoms with Crippen LogP contribution >= 0.6 is 12.4 Å². The SMILES string of the molecule is Cl.N#CCC(=O)NC1CCC(CCN2CC=C(c3cc(F)cc(C(F)(F)F)c3)CC2)CC1. The highest BCUT2D eigenvalue weighted by Crippen LogP contribution is 2.33. The first-order valence-electron chi connectivity index (χ1n) is 10.7. The number of nitrogens with zero attached hydrogens (tertiary/aromatic N) is 2. The van der Waals surface area contributed by atoms with Gasteiger partial charge in [0.05, 0.1) is 11.6 Å². The van der Waals surface area contributed by atoms with Gasteiger partial charge in [-0.1, -0.05) is 6.08 Å². The molecular formula is C23H28ClF4N3O. The largest absolute Gasteiger partial charge is 0.416 e. The van der Waals surface area contributed by atoms with Gasteiger partial charge in [-0.05, 0) is 80.3 Å². The van der Waals surface area contributed by atoms with Crippen molar-refractivity contribution < 1.29 is 22.4 Å². The number of halogens is 5. The Bertz CT molecular complexity index is 858. The highest BCUT2D eigenvalue weighted by atomic mass is 35.5. The van der Waals surface area contributed by atoms with Crippen molar-refractivity contribution in [3.05, 3.63) is 41.2 Å². The lowest BCUT2D eigenvalue weighted by molar-refractivity contribution is -0.137. The predicted octanol–water partition coefficient (Wildman–Crippen LogP) is 5.33. The Morgan fingerprint density at radius 1 is 1.19 bits per heavy atom. The monoisotopic (exact) mass is 473 g/mol. The second kappa shape index (κ2) is 11.7. The van der Waals surface area contributed by atoms with E-state index < -0.39 is 17.6 Å². The molecule has 0 bridgehead atoms. The van der Waals surface area contributed by atoms with Gasteiger partial charge in [-0.25, -0.2) is 4.39 Å². The average molecular weight is 474 g/mol. The van der Waals surface area contributed by atoms with Crippen molar-refractivity contribution in [2.75, 3.05) is 19.6 Å². The normalized spacial score (nSPS) is 21.8. The van der Waals surface area contributed by atoms with Crippen LogP contribution in [0.2, 0.25) is 0 Å². The molecule has 0 atom stereocenters. The molecule has 1 aliphatic carbocycles. The van der Waals surface area contributed by atoms with E-state index in [-0.39, 0.29) is 30.8 Å². The molecular weight excluding hydrogens is 446 g/mol. The molecule has 1 saturated carbocycles. The first-order chi connectivity index (χ1) is 14.7. The second-order valence-corrected chi connectivity index (χ2v) is 8.42. The van der Waals surface area contributed by atoms with Crippen LogP contribution in [-0.2, 0) is 11.0 Å². The number of carbonyl (C=O) groups excluding carboxylic acids is 1. The van der Waals surface area contributed by atoms with Gasteiger partial charge in [-0.15, -0.1) is 12.4 Å². The summed E-state index contributed by atoms with van der Waals surface area (Å²) in [5, 5.41) is 11.5. The third-order valence-corrected chi connectivity index (χ3v) is 6.19. The Labute approximate surface area is 192 Å². The minimum Gasteiger partial charge on any atom is -0.352 e. The number of amides is 1. The van der Waals surface area contributed by atoms with Crippen LogP contribution in [0.4, 0.5) is 17.6 Å². The summed E-state index contributed by atoms with van der Waals surface area (Å²) in [6.45, 7) is 2.30. The van der Waals surface area contributed by atoms with Gasteiger partial charge in [-0.3, -0.25) is 9.69 Å². The molecule has 2 aliphatic rings. The number of alkyl halides is 3. The van der Waals surface area contributed by atoms with Crippen molar-refractivity contribution in [2.24, 2.45) is 5.92 Å². The number of nitrogens with one attached hydrogen (secondary N) is 1. The van der Waals surface area contributed by atoms with Crippen LogP contribution in [0.1, 0.15) is 56.1 Å². The molecule has 9 heteroatoms. The van der Waals surface area contributed by atoms with Crippen molar-refractivity contribution in [3.8, 4) is 6.07 Å². The van der Waals surface area contributed by atoms with E-state index in [0.29, 0.717) is 30.5 Å². The lowest BCUT2D eigenvalue weighted by Crippen LogP contribution is -2.38. The van der Waals surface area contributed by atoms with E-state index in [9.17, 15) is 22.4 Å². The molecule has 1 aromatic carbocycles. The summed E-state index contributed by atoms with van der Waals surface area (Å²) in [5.41, 5.74) is 0.115. The summed E-state index contributed by atoms with van der Waals surface area (Å²) in [6, 6.07) is 4.74. The predicted molar refractivity (Wildman–Crippen MR) is 116 cm³/mol. The topological polar surface area (TPSA) is 56.1 Å². The van der Waals surface area contributed by atoms with Crippen molar-refractivity contribution in [3.63, 3.8) is 0 Å². The minimum atomic E-state index is -4.56. The first kappa shape index (κ1) is 26.1. The summed E-state index contributed by atoms with van der Waals surface area (Å²) in [4.78, 5) is 13.8. The van der Waals surface area contributed by atoms with E-state index >= 15 is 0 Å². The zero-order valence-electron chi connectivity index (χ0n) is 17.8. The maximum atomic E-state index is 13.7. The minimum absolute atomic E-state index is 0. The summed E-state index contributed by atoms with van der Waals surface area (Å²) >= 11 is 0. The third kappa shape index (κ3) is 7.49. The van der Waals surface area contributed by atoms with Gasteiger partial charge in [0.2, 0.25) is 5.91 Å². The molecule has 3 rings (SSSR count). The zero-order chi connectivity index (χ0) is 22.4. The van der Waals surface area contributed by atoms with Gasteiger partial charge < -0.3 is 5.32 Å². The number of rotatable bonds is 6. The summed E-state index contributed by atoms with van der Waals surface area (Å²) in [6.07, 6.45) is 2.80. The maximum Gasteiger partial charge on any atom is 0.416 e. The molecule has 1 aliphatic heterocycles. The van der Waals surface area contributed by atoms with E-state index in [2.05, 4.69) is 10.2 Å². The first-order valence-corrected chi connectivity index (χ1v) is 10.7. The molecule has 1 aromatic rings. The number of hydrogen-bond acceptors (Lipinski definition) is 3. The molecule has 32 heavy (non-hydrogen) atoms. The van der Waals surface area contributed by atoms with E-state index in [1.807, 2.05) is 12.1 Å². The van der Waals surface area contributed by atoms with Crippen LogP contribution in [-0.4, -0.2) is 36.5 Å². The number of carbonyl (C=O) groups is 1. The van der Waals surface area contributed by atoms with Gasteiger partial charge in [0.25, 0.3) is 0 Å². The summed E-state index contributed by atoms with van der Waals surface area (Å²) < 4.78 is 52.5. The summed E-state index contributed by atoms with van der Waals surface area (Å²) in [7, 11) is 0. The fourth-order valence-corrected chi connectivity index (χ4v) is 4.43. The van der Waals surface area contributed by atoms with Gasteiger partial charge in [-0.2, -0.15) is 18.4 Å². The lowest BCUT2D eigenvalue weighted by atomic mass is 9.84.